The molecule has 4 nitrogen and oxygen atoms in total. The minimum Gasteiger partial charge on any atom is -0.379 e. The highest BCUT2D eigenvalue weighted by atomic mass is 35.5. The van der Waals surface area contributed by atoms with Crippen molar-refractivity contribution in [2.24, 2.45) is 0 Å². The number of halogens is 1. The Morgan fingerprint density at radius 2 is 2.38 bits per heavy atom. The van der Waals surface area contributed by atoms with Gasteiger partial charge in [-0.1, -0.05) is 17.7 Å². The number of benzene rings is 1. The molecule has 0 aliphatic carbocycles. The van der Waals surface area contributed by atoms with Crippen LogP contribution in [0, 0.1) is 0 Å². The van der Waals surface area contributed by atoms with Crippen molar-refractivity contribution in [3.05, 3.63) is 23.2 Å². The zero-order valence-corrected chi connectivity index (χ0v) is 9.44. The van der Waals surface area contributed by atoms with E-state index in [-0.39, 0.29) is 6.04 Å². The first-order valence-electron chi connectivity index (χ1n) is 5.27. The molecule has 1 aromatic carbocycles. The number of nitrogen functional groups attached to an aromatic ring is 1. The summed E-state index contributed by atoms with van der Waals surface area (Å²) in [6.07, 6.45) is 0.974. The molecule has 0 radical (unpaired) electrons. The summed E-state index contributed by atoms with van der Waals surface area (Å²) in [7, 11) is 0. The third kappa shape index (κ3) is 1.37. The quantitative estimate of drug-likeness (QED) is 0.828. The molecule has 1 aromatic heterocycles. The molecule has 0 amide bonds. The second kappa shape index (κ2) is 3.64. The van der Waals surface area contributed by atoms with Crippen LogP contribution in [0.5, 0.6) is 0 Å². The molecule has 0 bridgehead atoms. The highest BCUT2D eigenvalue weighted by Crippen LogP contribution is 2.30. The number of nitrogens with two attached hydrogens (primary N) is 1. The lowest BCUT2D eigenvalue weighted by Crippen LogP contribution is -2.11. The predicted molar refractivity (Wildman–Crippen MR) is 63.6 cm³/mol. The predicted octanol–water partition coefficient (Wildman–Crippen LogP) is 2.23. The van der Waals surface area contributed by atoms with Crippen molar-refractivity contribution in [1.29, 1.82) is 0 Å². The van der Waals surface area contributed by atoms with Crippen molar-refractivity contribution in [2.45, 2.75) is 12.5 Å². The largest absolute Gasteiger partial charge is 0.379 e. The van der Waals surface area contributed by atoms with Crippen LogP contribution in [0.25, 0.3) is 11.0 Å². The molecule has 16 heavy (non-hydrogen) atoms. The van der Waals surface area contributed by atoms with Gasteiger partial charge in [-0.3, -0.25) is 0 Å². The van der Waals surface area contributed by atoms with Crippen molar-refractivity contribution in [3.8, 4) is 0 Å². The van der Waals surface area contributed by atoms with Crippen LogP contribution in [0.2, 0.25) is 5.02 Å². The van der Waals surface area contributed by atoms with Gasteiger partial charge in [0.1, 0.15) is 5.52 Å². The topological polar surface area (TPSA) is 53.1 Å². The fourth-order valence-corrected chi connectivity index (χ4v) is 2.42. The smallest absolute Gasteiger partial charge is 0.201 e. The van der Waals surface area contributed by atoms with E-state index in [1.54, 1.807) is 0 Å². The number of hydrogen-bond donors (Lipinski definition) is 1. The Balaban J connectivity index is 2.22. The summed E-state index contributed by atoms with van der Waals surface area (Å²) in [6, 6.07) is 6.01. The third-order valence-electron chi connectivity index (χ3n) is 2.97. The van der Waals surface area contributed by atoms with Gasteiger partial charge in [0, 0.05) is 6.61 Å². The van der Waals surface area contributed by atoms with Crippen molar-refractivity contribution >= 4 is 28.6 Å². The molecule has 5 heteroatoms. The summed E-state index contributed by atoms with van der Waals surface area (Å²) in [5, 5.41) is 0.641. The first kappa shape index (κ1) is 9.93. The van der Waals surface area contributed by atoms with Crippen molar-refractivity contribution in [1.82, 2.24) is 9.55 Å². The fraction of sp³-hybridized carbons (Fsp3) is 0.364. The van der Waals surface area contributed by atoms with Crippen molar-refractivity contribution in [3.63, 3.8) is 0 Å². The second-order valence-electron chi connectivity index (χ2n) is 3.96. The molecular formula is C11H12ClN3O. The molecular weight excluding hydrogens is 226 g/mol. The van der Waals surface area contributed by atoms with E-state index in [2.05, 4.69) is 4.98 Å². The average Bonchev–Trinajstić information content (AvgIpc) is 2.85. The van der Waals surface area contributed by atoms with Gasteiger partial charge in [-0.2, -0.15) is 0 Å². The van der Waals surface area contributed by atoms with E-state index in [9.17, 15) is 0 Å². The van der Waals surface area contributed by atoms with Gasteiger partial charge in [0.05, 0.1) is 23.2 Å². The van der Waals surface area contributed by atoms with Crippen LogP contribution in [0.3, 0.4) is 0 Å². The SMILES string of the molecule is Nc1nc2c(Cl)cccc2n1C1CCOC1. The molecule has 1 atom stereocenters. The molecule has 2 N–H and O–H groups in total. The summed E-state index contributed by atoms with van der Waals surface area (Å²) < 4.78 is 7.40. The van der Waals surface area contributed by atoms with E-state index in [4.69, 9.17) is 22.1 Å². The molecule has 1 aliphatic rings. The van der Waals surface area contributed by atoms with E-state index < -0.39 is 0 Å². The highest BCUT2D eigenvalue weighted by Gasteiger charge is 2.22. The summed E-state index contributed by atoms with van der Waals surface area (Å²) in [4.78, 5) is 4.31. The molecule has 3 rings (SSSR count). The Kier molecular flexibility index (Phi) is 2.26. The van der Waals surface area contributed by atoms with Gasteiger partial charge < -0.3 is 15.0 Å². The van der Waals surface area contributed by atoms with Crippen LogP contribution in [-0.2, 0) is 4.74 Å². The number of para-hydroxylation sites is 1. The average molecular weight is 238 g/mol. The number of anilines is 1. The van der Waals surface area contributed by atoms with Gasteiger partial charge in [0.2, 0.25) is 5.95 Å². The van der Waals surface area contributed by atoms with E-state index in [0.29, 0.717) is 17.6 Å². The lowest BCUT2D eigenvalue weighted by molar-refractivity contribution is 0.187. The zero-order valence-electron chi connectivity index (χ0n) is 8.69. The lowest BCUT2D eigenvalue weighted by atomic mass is 10.2. The lowest BCUT2D eigenvalue weighted by Gasteiger charge is -2.12. The number of ether oxygens (including phenoxy) is 1. The van der Waals surface area contributed by atoms with Crippen LogP contribution in [0.4, 0.5) is 5.95 Å². The number of rotatable bonds is 1. The molecule has 1 saturated heterocycles. The Bertz CT molecular complexity index is 531. The summed E-state index contributed by atoms with van der Waals surface area (Å²) in [6.45, 7) is 1.48. The maximum Gasteiger partial charge on any atom is 0.201 e. The van der Waals surface area contributed by atoms with E-state index >= 15 is 0 Å². The maximum absolute atomic E-state index is 6.09. The number of nitrogens with zero attached hydrogens (tertiary/aromatic N) is 2. The maximum atomic E-state index is 6.09. The number of aromatic nitrogens is 2. The first-order chi connectivity index (χ1) is 7.77. The Morgan fingerprint density at radius 3 is 3.12 bits per heavy atom. The van der Waals surface area contributed by atoms with Gasteiger partial charge in [0.25, 0.3) is 0 Å². The molecule has 2 aromatic rings. The zero-order chi connectivity index (χ0) is 11.1. The minimum atomic E-state index is 0.281. The van der Waals surface area contributed by atoms with Gasteiger partial charge >= 0.3 is 0 Å². The Morgan fingerprint density at radius 1 is 1.50 bits per heavy atom. The van der Waals surface area contributed by atoms with Gasteiger partial charge in [-0.05, 0) is 18.6 Å². The molecule has 0 saturated carbocycles. The van der Waals surface area contributed by atoms with E-state index in [0.717, 1.165) is 24.1 Å². The van der Waals surface area contributed by atoms with E-state index in [1.807, 2.05) is 22.8 Å². The standard InChI is InChI=1S/C11H12ClN3O/c12-8-2-1-3-9-10(8)14-11(13)15(9)7-4-5-16-6-7/h1-3,7H,4-6H2,(H2,13,14). The molecule has 1 unspecified atom stereocenters. The summed E-state index contributed by atoms with van der Waals surface area (Å²) in [5.74, 6) is 0.513. The van der Waals surface area contributed by atoms with Gasteiger partial charge in [-0.15, -0.1) is 0 Å². The number of imidazole rings is 1. The van der Waals surface area contributed by atoms with Crippen molar-refractivity contribution < 1.29 is 4.74 Å². The highest BCUT2D eigenvalue weighted by molar-refractivity contribution is 6.35. The fourth-order valence-electron chi connectivity index (χ4n) is 2.21. The van der Waals surface area contributed by atoms with Crippen LogP contribution < -0.4 is 5.73 Å². The molecule has 0 spiro atoms. The third-order valence-corrected chi connectivity index (χ3v) is 3.27. The molecule has 1 fully saturated rings. The van der Waals surface area contributed by atoms with Crippen LogP contribution >= 0.6 is 11.6 Å². The summed E-state index contributed by atoms with van der Waals surface area (Å²) >= 11 is 6.09. The van der Waals surface area contributed by atoms with Gasteiger partial charge in [0.15, 0.2) is 0 Å². The molecule has 2 heterocycles. The Labute approximate surface area is 98.0 Å². The Hall–Kier alpha value is -1.26. The van der Waals surface area contributed by atoms with Crippen molar-refractivity contribution in [2.75, 3.05) is 18.9 Å². The minimum absolute atomic E-state index is 0.281. The number of fused-ring (bicyclic) bond motifs is 1. The second-order valence-corrected chi connectivity index (χ2v) is 4.37. The number of hydrogen-bond acceptors (Lipinski definition) is 3. The molecule has 1 aliphatic heterocycles. The van der Waals surface area contributed by atoms with Gasteiger partial charge in [-0.25, -0.2) is 4.98 Å². The van der Waals surface area contributed by atoms with Crippen LogP contribution in [0.1, 0.15) is 12.5 Å². The normalized spacial score (nSPS) is 20.7. The summed E-state index contributed by atoms with van der Waals surface area (Å²) in [5.41, 5.74) is 7.70. The van der Waals surface area contributed by atoms with E-state index in [1.165, 1.54) is 0 Å². The molecule has 84 valence electrons. The van der Waals surface area contributed by atoms with Crippen LogP contribution in [0.15, 0.2) is 18.2 Å². The van der Waals surface area contributed by atoms with Crippen LogP contribution in [-0.4, -0.2) is 22.8 Å². The monoisotopic (exact) mass is 237 g/mol. The first-order valence-corrected chi connectivity index (χ1v) is 5.65.